The van der Waals surface area contributed by atoms with E-state index in [4.69, 9.17) is 0 Å². The number of piperazine rings is 1. The highest BCUT2D eigenvalue weighted by atomic mass is 32.2. The van der Waals surface area contributed by atoms with Crippen molar-refractivity contribution in [2.45, 2.75) is 31.4 Å². The molecule has 2 saturated heterocycles. The van der Waals surface area contributed by atoms with Crippen LogP contribution >= 0.6 is 11.8 Å². The molecule has 0 aromatic rings. The van der Waals surface area contributed by atoms with Crippen molar-refractivity contribution in [1.29, 1.82) is 0 Å². The molecule has 2 aliphatic rings. The smallest absolute Gasteiger partial charge is 0.193 e. The van der Waals surface area contributed by atoms with Gasteiger partial charge in [-0.05, 0) is 40.3 Å². The van der Waals surface area contributed by atoms with E-state index in [1.54, 1.807) is 0 Å². The Morgan fingerprint density at radius 1 is 1.13 bits per heavy atom. The lowest BCUT2D eigenvalue weighted by Gasteiger charge is -2.39. The van der Waals surface area contributed by atoms with E-state index >= 15 is 0 Å². The number of hydrogen-bond acceptors (Lipinski definition) is 4. The topological polar surface area (TPSA) is 34.1 Å². The zero-order valence-corrected chi connectivity index (χ0v) is 16.3. The Morgan fingerprint density at radius 2 is 1.87 bits per heavy atom. The summed E-state index contributed by atoms with van der Waals surface area (Å²) < 4.78 is 0.331. The first-order valence-corrected chi connectivity index (χ1v) is 9.99. The zero-order chi connectivity index (χ0) is 16.7. The summed E-state index contributed by atoms with van der Waals surface area (Å²) in [6.45, 7) is 14.0. The average Bonchev–Trinajstić information content (AvgIpc) is 2.51. The molecule has 0 spiro atoms. The fourth-order valence-corrected chi connectivity index (χ4v) is 4.37. The van der Waals surface area contributed by atoms with Crippen LogP contribution in [0.25, 0.3) is 0 Å². The second kappa shape index (κ2) is 9.14. The minimum absolute atomic E-state index is 0.331. The van der Waals surface area contributed by atoms with Crippen LogP contribution in [-0.2, 0) is 0 Å². The minimum atomic E-state index is 0.331. The lowest BCUT2D eigenvalue weighted by atomic mass is 10.2. The van der Waals surface area contributed by atoms with E-state index in [0.717, 1.165) is 25.6 Å². The quantitative estimate of drug-likeness (QED) is 0.465. The van der Waals surface area contributed by atoms with Gasteiger partial charge in [-0.3, -0.25) is 4.99 Å². The molecule has 2 aliphatic heterocycles. The van der Waals surface area contributed by atoms with Crippen molar-refractivity contribution in [3.8, 4) is 0 Å². The highest BCUT2D eigenvalue weighted by Crippen LogP contribution is 2.29. The number of hydrogen-bond donors (Lipinski definition) is 1. The first-order valence-electron chi connectivity index (χ1n) is 9.01. The summed E-state index contributed by atoms with van der Waals surface area (Å²) in [7, 11) is 4.12. The summed E-state index contributed by atoms with van der Waals surface area (Å²) in [4.78, 5) is 11.9. The predicted molar refractivity (Wildman–Crippen MR) is 103 cm³/mol. The molecule has 6 heteroatoms. The van der Waals surface area contributed by atoms with Crippen molar-refractivity contribution in [2.24, 2.45) is 4.99 Å². The van der Waals surface area contributed by atoms with Crippen LogP contribution < -0.4 is 5.32 Å². The third kappa shape index (κ3) is 6.51. The fraction of sp³-hybridized carbons (Fsp3) is 0.941. The molecule has 0 saturated carbocycles. The summed E-state index contributed by atoms with van der Waals surface area (Å²) in [5.74, 6) is 2.27. The molecule has 0 bridgehead atoms. The lowest BCUT2D eigenvalue weighted by Crippen LogP contribution is -2.51. The van der Waals surface area contributed by atoms with Gasteiger partial charge in [0.05, 0.1) is 0 Å². The number of likely N-dealkylation sites (N-methyl/N-ethyl adjacent to an activating group) is 1. The van der Waals surface area contributed by atoms with Gasteiger partial charge in [-0.15, -0.1) is 0 Å². The van der Waals surface area contributed by atoms with E-state index in [0.29, 0.717) is 4.75 Å². The third-order valence-electron chi connectivity index (χ3n) is 4.72. The SMILES string of the molecule is CN=C(NCCCCN1CCN(C)CC1)N1CCSC(C)(C)C1. The van der Waals surface area contributed by atoms with Crippen LogP contribution in [-0.4, -0.2) is 97.6 Å². The van der Waals surface area contributed by atoms with Gasteiger partial charge in [-0.25, -0.2) is 0 Å². The molecule has 0 unspecified atom stereocenters. The summed E-state index contributed by atoms with van der Waals surface area (Å²) in [5, 5.41) is 3.56. The van der Waals surface area contributed by atoms with E-state index in [-0.39, 0.29) is 0 Å². The van der Waals surface area contributed by atoms with Crippen molar-refractivity contribution < 1.29 is 0 Å². The minimum Gasteiger partial charge on any atom is -0.356 e. The predicted octanol–water partition coefficient (Wildman–Crippen LogP) is 1.42. The van der Waals surface area contributed by atoms with E-state index in [9.17, 15) is 0 Å². The van der Waals surface area contributed by atoms with Crippen molar-refractivity contribution in [2.75, 3.05) is 72.2 Å². The number of nitrogens with zero attached hydrogens (tertiary/aromatic N) is 4. The van der Waals surface area contributed by atoms with Crippen molar-refractivity contribution in [1.82, 2.24) is 20.0 Å². The molecule has 0 amide bonds. The standard InChI is InChI=1S/C17H35N5S/c1-17(2)15-22(13-14-23-17)16(18-3)19-7-5-6-8-21-11-9-20(4)10-12-21/h5-15H2,1-4H3,(H,18,19). The molecular weight excluding hydrogens is 306 g/mol. The lowest BCUT2D eigenvalue weighted by molar-refractivity contribution is 0.152. The summed E-state index contributed by atoms with van der Waals surface area (Å²) in [6, 6.07) is 0. The van der Waals surface area contributed by atoms with Crippen LogP contribution in [0.15, 0.2) is 4.99 Å². The highest BCUT2D eigenvalue weighted by Gasteiger charge is 2.28. The summed E-state index contributed by atoms with van der Waals surface area (Å²) in [6.07, 6.45) is 2.49. The Morgan fingerprint density at radius 3 is 2.52 bits per heavy atom. The molecule has 2 rings (SSSR count). The van der Waals surface area contributed by atoms with Crippen molar-refractivity contribution in [3.63, 3.8) is 0 Å². The normalized spacial score (nSPS) is 24.0. The number of thioether (sulfide) groups is 1. The van der Waals surface area contributed by atoms with Gasteiger partial charge in [0.1, 0.15) is 0 Å². The largest absolute Gasteiger partial charge is 0.356 e. The fourth-order valence-electron chi connectivity index (χ4n) is 3.26. The zero-order valence-electron chi connectivity index (χ0n) is 15.5. The van der Waals surface area contributed by atoms with Gasteiger partial charge in [0, 0.05) is 63.4 Å². The van der Waals surface area contributed by atoms with Crippen molar-refractivity contribution in [3.05, 3.63) is 0 Å². The van der Waals surface area contributed by atoms with Crippen LogP contribution in [0.4, 0.5) is 0 Å². The molecule has 5 nitrogen and oxygen atoms in total. The third-order valence-corrected chi connectivity index (χ3v) is 6.01. The average molecular weight is 342 g/mol. The molecule has 0 aliphatic carbocycles. The van der Waals surface area contributed by atoms with Gasteiger partial charge in [0.15, 0.2) is 5.96 Å². The maximum absolute atomic E-state index is 4.48. The Kier molecular flexibility index (Phi) is 7.50. The number of aliphatic imine (C=N–C) groups is 1. The van der Waals surface area contributed by atoms with Crippen LogP contribution in [0.3, 0.4) is 0 Å². The molecule has 0 atom stereocenters. The molecule has 2 heterocycles. The van der Waals surface area contributed by atoms with Gasteiger partial charge in [-0.1, -0.05) is 0 Å². The molecule has 23 heavy (non-hydrogen) atoms. The molecule has 2 fully saturated rings. The Bertz CT molecular complexity index is 377. The Labute approximate surface area is 146 Å². The molecule has 134 valence electrons. The van der Waals surface area contributed by atoms with E-state index in [2.05, 4.69) is 57.7 Å². The van der Waals surface area contributed by atoms with Crippen LogP contribution in [0.5, 0.6) is 0 Å². The maximum Gasteiger partial charge on any atom is 0.193 e. The number of rotatable bonds is 5. The first-order chi connectivity index (χ1) is 11.0. The van der Waals surface area contributed by atoms with E-state index in [1.165, 1.54) is 51.3 Å². The van der Waals surface area contributed by atoms with E-state index in [1.807, 2.05) is 7.05 Å². The highest BCUT2D eigenvalue weighted by molar-refractivity contribution is 8.00. The Balaban J connectivity index is 1.61. The molecular formula is C17H35N5S. The second-order valence-electron chi connectivity index (χ2n) is 7.36. The van der Waals surface area contributed by atoms with Crippen molar-refractivity contribution >= 4 is 17.7 Å². The van der Waals surface area contributed by atoms with Gasteiger partial charge >= 0.3 is 0 Å². The van der Waals surface area contributed by atoms with Crippen LogP contribution in [0, 0.1) is 0 Å². The molecule has 0 radical (unpaired) electrons. The van der Waals surface area contributed by atoms with Gasteiger partial charge in [-0.2, -0.15) is 11.8 Å². The van der Waals surface area contributed by atoms with Crippen LogP contribution in [0.2, 0.25) is 0 Å². The second-order valence-corrected chi connectivity index (χ2v) is 9.16. The summed E-state index contributed by atoms with van der Waals surface area (Å²) in [5.41, 5.74) is 0. The van der Waals surface area contributed by atoms with Gasteiger partial charge < -0.3 is 20.0 Å². The first kappa shape index (κ1) is 18.9. The molecule has 0 aromatic heterocycles. The van der Waals surface area contributed by atoms with Gasteiger partial charge in [0.25, 0.3) is 0 Å². The number of unbranched alkanes of at least 4 members (excludes halogenated alkanes) is 1. The van der Waals surface area contributed by atoms with Crippen LogP contribution in [0.1, 0.15) is 26.7 Å². The maximum atomic E-state index is 4.48. The monoisotopic (exact) mass is 341 g/mol. The number of guanidine groups is 1. The molecule has 1 N–H and O–H groups in total. The number of nitrogens with one attached hydrogen (secondary N) is 1. The summed E-state index contributed by atoms with van der Waals surface area (Å²) >= 11 is 2.07. The van der Waals surface area contributed by atoms with E-state index < -0.39 is 0 Å². The molecule has 0 aromatic carbocycles. The van der Waals surface area contributed by atoms with Gasteiger partial charge in [0.2, 0.25) is 0 Å². The Hall–Kier alpha value is -0.460.